The molecule has 0 spiro atoms. The Balaban J connectivity index is 1.66. The highest BCUT2D eigenvalue weighted by Gasteiger charge is 2.23. The van der Waals surface area contributed by atoms with E-state index in [4.69, 9.17) is 9.47 Å². The van der Waals surface area contributed by atoms with Crippen molar-refractivity contribution in [3.05, 3.63) is 53.3 Å². The van der Waals surface area contributed by atoms with Gasteiger partial charge in [0.2, 0.25) is 0 Å². The van der Waals surface area contributed by atoms with Crippen LogP contribution in [0.1, 0.15) is 46.3 Å². The Hall–Kier alpha value is -3.09. The lowest BCUT2D eigenvalue weighted by atomic mass is 10.00. The molecule has 1 atom stereocenters. The standard InChI is InChI=1S/C22H27N3O4/c1-15-6-5-11-25(14-15)22(27)18-8-4-7-17(24-18)21(26)23-13-16-9-10-19(28-2)20(12-16)29-3/h4,7-10,12,15H,5-6,11,13-14H2,1-3H3,(H,23,26). The minimum absolute atomic E-state index is 0.119. The van der Waals surface area contributed by atoms with Crippen LogP contribution in [0.4, 0.5) is 0 Å². The molecule has 3 rings (SSSR count). The van der Waals surface area contributed by atoms with Crippen molar-refractivity contribution in [2.45, 2.75) is 26.3 Å². The molecule has 154 valence electrons. The Morgan fingerprint density at radius 1 is 1.14 bits per heavy atom. The molecular formula is C22H27N3O4. The minimum Gasteiger partial charge on any atom is -0.493 e. The summed E-state index contributed by atoms with van der Waals surface area (Å²) in [5.74, 6) is 1.26. The molecule has 1 aliphatic heterocycles. The summed E-state index contributed by atoms with van der Waals surface area (Å²) < 4.78 is 10.5. The highest BCUT2D eigenvalue weighted by atomic mass is 16.5. The number of carbonyl (C=O) groups excluding carboxylic acids is 2. The van der Waals surface area contributed by atoms with Crippen molar-refractivity contribution in [2.75, 3.05) is 27.3 Å². The van der Waals surface area contributed by atoms with Gasteiger partial charge in [0.1, 0.15) is 11.4 Å². The van der Waals surface area contributed by atoms with E-state index in [1.165, 1.54) is 0 Å². The molecule has 7 nitrogen and oxygen atoms in total. The number of ether oxygens (including phenoxy) is 2. The fraction of sp³-hybridized carbons (Fsp3) is 0.409. The van der Waals surface area contributed by atoms with Gasteiger partial charge in [-0.25, -0.2) is 4.98 Å². The lowest BCUT2D eigenvalue weighted by Gasteiger charge is -2.30. The molecule has 0 aliphatic carbocycles. The van der Waals surface area contributed by atoms with E-state index < -0.39 is 0 Å². The van der Waals surface area contributed by atoms with Crippen molar-refractivity contribution in [3.8, 4) is 11.5 Å². The Labute approximate surface area is 171 Å². The second kappa shape index (κ2) is 9.41. The van der Waals surface area contributed by atoms with Crippen molar-refractivity contribution in [1.29, 1.82) is 0 Å². The average Bonchev–Trinajstić information content (AvgIpc) is 2.76. The van der Waals surface area contributed by atoms with Crippen LogP contribution in [0.25, 0.3) is 0 Å². The van der Waals surface area contributed by atoms with Gasteiger partial charge in [0.15, 0.2) is 11.5 Å². The molecular weight excluding hydrogens is 370 g/mol. The third kappa shape index (κ3) is 5.04. The first-order valence-electron chi connectivity index (χ1n) is 9.77. The lowest BCUT2D eigenvalue weighted by molar-refractivity contribution is 0.0677. The molecule has 0 saturated carbocycles. The van der Waals surface area contributed by atoms with Crippen molar-refractivity contribution in [1.82, 2.24) is 15.2 Å². The molecule has 1 aromatic heterocycles. The second-order valence-corrected chi connectivity index (χ2v) is 7.28. The molecule has 2 aromatic rings. The molecule has 1 N–H and O–H groups in total. The van der Waals surface area contributed by atoms with Gasteiger partial charge >= 0.3 is 0 Å². The van der Waals surface area contributed by atoms with Crippen LogP contribution in [-0.4, -0.2) is 49.0 Å². The number of benzene rings is 1. The van der Waals surface area contributed by atoms with Crippen LogP contribution in [0.3, 0.4) is 0 Å². The number of aromatic nitrogens is 1. The quantitative estimate of drug-likeness (QED) is 0.811. The monoisotopic (exact) mass is 397 g/mol. The van der Waals surface area contributed by atoms with Crippen LogP contribution < -0.4 is 14.8 Å². The Morgan fingerprint density at radius 3 is 2.62 bits per heavy atom. The summed E-state index contributed by atoms with van der Waals surface area (Å²) in [5.41, 5.74) is 1.39. The van der Waals surface area contributed by atoms with Gasteiger partial charge in [0.05, 0.1) is 14.2 Å². The maximum atomic E-state index is 12.7. The second-order valence-electron chi connectivity index (χ2n) is 7.28. The number of nitrogens with zero attached hydrogens (tertiary/aromatic N) is 2. The molecule has 7 heteroatoms. The fourth-order valence-corrected chi connectivity index (χ4v) is 3.48. The van der Waals surface area contributed by atoms with E-state index in [2.05, 4.69) is 17.2 Å². The van der Waals surface area contributed by atoms with Gasteiger partial charge in [0, 0.05) is 19.6 Å². The molecule has 2 heterocycles. The topological polar surface area (TPSA) is 80.8 Å². The van der Waals surface area contributed by atoms with Crippen LogP contribution in [0, 0.1) is 5.92 Å². The lowest BCUT2D eigenvalue weighted by Crippen LogP contribution is -2.39. The van der Waals surface area contributed by atoms with E-state index >= 15 is 0 Å². The Kier molecular flexibility index (Phi) is 6.69. The first kappa shape index (κ1) is 20.6. The summed E-state index contributed by atoms with van der Waals surface area (Å²) in [6.07, 6.45) is 2.13. The summed E-state index contributed by atoms with van der Waals surface area (Å²) in [7, 11) is 3.14. The molecule has 1 aliphatic rings. The zero-order valence-corrected chi connectivity index (χ0v) is 17.1. The number of rotatable bonds is 6. The van der Waals surface area contributed by atoms with Crippen LogP contribution >= 0.6 is 0 Å². The molecule has 2 amide bonds. The fourth-order valence-electron chi connectivity index (χ4n) is 3.48. The maximum Gasteiger partial charge on any atom is 0.272 e. The number of carbonyl (C=O) groups is 2. The summed E-state index contributed by atoms with van der Waals surface area (Å²) in [6.45, 7) is 3.92. The highest BCUT2D eigenvalue weighted by Crippen LogP contribution is 2.27. The van der Waals surface area contributed by atoms with E-state index in [9.17, 15) is 9.59 Å². The summed E-state index contributed by atoms with van der Waals surface area (Å²) in [6, 6.07) is 10.4. The average molecular weight is 397 g/mol. The molecule has 0 radical (unpaired) electrons. The van der Waals surface area contributed by atoms with Crippen LogP contribution in [-0.2, 0) is 6.54 Å². The van der Waals surface area contributed by atoms with E-state index in [1.54, 1.807) is 38.5 Å². The predicted molar refractivity (Wildman–Crippen MR) is 109 cm³/mol. The van der Waals surface area contributed by atoms with Gasteiger partial charge in [-0.1, -0.05) is 19.1 Å². The number of nitrogens with one attached hydrogen (secondary N) is 1. The van der Waals surface area contributed by atoms with Crippen LogP contribution in [0.15, 0.2) is 36.4 Å². The molecule has 1 fully saturated rings. The number of hydrogen-bond acceptors (Lipinski definition) is 5. The Morgan fingerprint density at radius 2 is 1.90 bits per heavy atom. The number of pyridine rings is 1. The van der Waals surface area contributed by atoms with Crippen molar-refractivity contribution in [3.63, 3.8) is 0 Å². The first-order valence-corrected chi connectivity index (χ1v) is 9.77. The van der Waals surface area contributed by atoms with Crippen molar-refractivity contribution < 1.29 is 19.1 Å². The van der Waals surface area contributed by atoms with Gasteiger partial charge in [-0.3, -0.25) is 9.59 Å². The Bertz CT molecular complexity index is 884. The van der Waals surface area contributed by atoms with E-state index in [0.717, 1.165) is 31.5 Å². The third-order valence-electron chi connectivity index (χ3n) is 5.05. The summed E-state index contributed by atoms with van der Waals surface area (Å²) in [5, 5.41) is 2.83. The first-order chi connectivity index (χ1) is 14.0. The zero-order valence-electron chi connectivity index (χ0n) is 17.1. The summed E-state index contributed by atoms with van der Waals surface area (Å²) >= 11 is 0. The van der Waals surface area contributed by atoms with Gasteiger partial charge < -0.3 is 19.7 Å². The van der Waals surface area contributed by atoms with Crippen molar-refractivity contribution in [2.24, 2.45) is 5.92 Å². The van der Waals surface area contributed by atoms with E-state index in [1.807, 2.05) is 17.0 Å². The minimum atomic E-state index is -0.332. The summed E-state index contributed by atoms with van der Waals surface area (Å²) in [4.78, 5) is 31.4. The smallest absolute Gasteiger partial charge is 0.272 e. The SMILES string of the molecule is COc1ccc(CNC(=O)c2cccc(C(=O)N3CCCC(C)C3)n2)cc1OC. The number of amides is 2. The van der Waals surface area contributed by atoms with Gasteiger partial charge in [0.25, 0.3) is 11.8 Å². The molecule has 1 saturated heterocycles. The molecule has 1 aromatic carbocycles. The maximum absolute atomic E-state index is 12.7. The van der Waals surface area contributed by atoms with Crippen molar-refractivity contribution >= 4 is 11.8 Å². The van der Waals surface area contributed by atoms with Crippen LogP contribution in [0.2, 0.25) is 0 Å². The number of methoxy groups -OCH3 is 2. The molecule has 29 heavy (non-hydrogen) atoms. The number of hydrogen-bond donors (Lipinski definition) is 1. The zero-order chi connectivity index (χ0) is 20.8. The number of piperidine rings is 1. The largest absolute Gasteiger partial charge is 0.493 e. The normalized spacial score (nSPS) is 16.2. The van der Waals surface area contributed by atoms with E-state index in [0.29, 0.717) is 29.7 Å². The molecule has 0 bridgehead atoms. The van der Waals surface area contributed by atoms with Gasteiger partial charge in [-0.05, 0) is 48.6 Å². The van der Waals surface area contributed by atoms with E-state index in [-0.39, 0.29) is 17.5 Å². The third-order valence-corrected chi connectivity index (χ3v) is 5.05. The number of likely N-dealkylation sites (tertiary alicyclic amines) is 1. The highest BCUT2D eigenvalue weighted by molar-refractivity contribution is 5.96. The van der Waals surface area contributed by atoms with Gasteiger partial charge in [-0.2, -0.15) is 0 Å². The van der Waals surface area contributed by atoms with Crippen LogP contribution in [0.5, 0.6) is 11.5 Å². The predicted octanol–water partition coefficient (Wildman–Crippen LogP) is 2.90. The van der Waals surface area contributed by atoms with Gasteiger partial charge in [-0.15, -0.1) is 0 Å². The molecule has 1 unspecified atom stereocenters.